The van der Waals surface area contributed by atoms with Crippen molar-refractivity contribution in [1.82, 2.24) is 0 Å². The summed E-state index contributed by atoms with van der Waals surface area (Å²) in [4.78, 5) is 12.1. The molecule has 0 N–H and O–H groups in total. The summed E-state index contributed by atoms with van der Waals surface area (Å²) >= 11 is 5.76. The largest absolute Gasteiger partial charge is 0.420 e. The zero-order valence-electron chi connectivity index (χ0n) is 13.9. The van der Waals surface area contributed by atoms with E-state index < -0.39 is 22.9 Å². The van der Waals surface area contributed by atoms with Crippen molar-refractivity contribution >= 4 is 23.1 Å². The monoisotopic (exact) mass is 368 g/mol. The maximum absolute atomic E-state index is 13.1. The maximum Gasteiger partial charge on any atom is 0.420 e. The molecule has 132 valence electrons. The van der Waals surface area contributed by atoms with Crippen LogP contribution >= 0.6 is 11.6 Å². The Hall–Kier alpha value is -2.21. The number of ketones is 1. The van der Waals surface area contributed by atoms with Gasteiger partial charge in [-0.25, -0.2) is 0 Å². The van der Waals surface area contributed by atoms with Gasteiger partial charge in [0.15, 0.2) is 5.78 Å². The van der Waals surface area contributed by atoms with Gasteiger partial charge in [-0.15, -0.1) is 0 Å². The highest BCUT2D eigenvalue weighted by Crippen LogP contribution is 2.38. The number of rotatable bonds is 2. The lowest BCUT2D eigenvalue weighted by molar-refractivity contribution is -0.126. The van der Waals surface area contributed by atoms with E-state index in [0.717, 1.165) is 6.08 Å². The molecule has 0 atom stereocenters. The highest BCUT2D eigenvalue weighted by atomic mass is 35.5. The molecule has 2 rings (SSSR count). The third-order valence-corrected chi connectivity index (χ3v) is 3.68. The SMILES string of the molecule is CC(C)(C)C1=C/C(=C/N=Nc2ccc(Cl)cc2)C=C(C(F)(F)F)C1=O. The van der Waals surface area contributed by atoms with Crippen molar-refractivity contribution in [2.45, 2.75) is 26.9 Å². The van der Waals surface area contributed by atoms with E-state index >= 15 is 0 Å². The van der Waals surface area contributed by atoms with Crippen LogP contribution in [0.15, 0.2) is 69.6 Å². The lowest BCUT2D eigenvalue weighted by Gasteiger charge is -2.26. The van der Waals surface area contributed by atoms with Crippen LogP contribution in [0.4, 0.5) is 18.9 Å². The fourth-order valence-electron chi connectivity index (χ4n) is 2.16. The first-order valence-corrected chi connectivity index (χ1v) is 7.78. The van der Waals surface area contributed by atoms with Gasteiger partial charge in [0.05, 0.1) is 11.9 Å². The molecule has 0 amide bonds. The lowest BCUT2D eigenvalue weighted by atomic mass is 9.78. The molecular weight excluding hydrogens is 353 g/mol. The Kier molecular flexibility index (Phi) is 5.32. The number of carbonyl (C=O) groups excluding carboxylic acids is 1. The fraction of sp³-hybridized carbons (Fsp3) is 0.278. The van der Waals surface area contributed by atoms with E-state index in [-0.39, 0.29) is 11.1 Å². The van der Waals surface area contributed by atoms with Crippen molar-refractivity contribution in [2.75, 3.05) is 0 Å². The number of halogens is 4. The number of nitrogens with zero attached hydrogens (tertiary/aromatic N) is 2. The van der Waals surface area contributed by atoms with E-state index in [2.05, 4.69) is 10.2 Å². The Morgan fingerprint density at radius 3 is 2.08 bits per heavy atom. The first-order chi connectivity index (χ1) is 11.5. The Balaban J connectivity index is 2.39. The highest BCUT2D eigenvalue weighted by molar-refractivity contribution is 6.30. The molecule has 1 aliphatic carbocycles. The van der Waals surface area contributed by atoms with E-state index in [1.165, 1.54) is 12.3 Å². The number of Topliss-reactive ketones (excluding diaryl/α,β-unsaturated/α-hetero) is 1. The molecule has 0 spiro atoms. The van der Waals surface area contributed by atoms with Gasteiger partial charge in [-0.05, 0) is 47.4 Å². The predicted molar refractivity (Wildman–Crippen MR) is 90.7 cm³/mol. The summed E-state index contributed by atoms with van der Waals surface area (Å²) in [6.45, 7) is 5.05. The summed E-state index contributed by atoms with van der Waals surface area (Å²) in [5.74, 6) is -1.01. The minimum atomic E-state index is -4.73. The molecule has 7 heteroatoms. The minimum absolute atomic E-state index is 0.0790. The van der Waals surface area contributed by atoms with E-state index in [9.17, 15) is 18.0 Å². The van der Waals surface area contributed by atoms with Crippen LogP contribution in [0.3, 0.4) is 0 Å². The average molecular weight is 369 g/mol. The van der Waals surface area contributed by atoms with E-state index in [4.69, 9.17) is 11.6 Å². The Bertz CT molecular complexity index is 759. The molecule has 0 heterocycles. The van der Waals surface area contributed by atoms with Crippen LogP contribution in [0, 0.1) is 5.41 Å². The average Bonchev–Trinajstić information content (AvgIpc) is 2.48. The van der Waals surface area contributed by atoms with Gasteiger partial charge in [0.2, 0.25) is 0 Å². The summed E-state index contributed by atoms with van der Waals surface area (Å²) in [7, 11) is 0. The molecule has 0 fully saturated rings. The number of hydrogen-bond donors (Lipinski definition) is 0. The Morgan fingerprint density at radius 2 is 1.56 bits per heavy atom. The van der Waals surface area contributed by atoms with Gasteiger partial charge in [-0.2, -0.15) is 23.4 Å². The van der Waals surface area contributed by atoms with Crippen LogP contribution in [0.25, 0.3) is 0 Å². The quantitative estimate of drug-likeness (QED) is 0.560. The minimum Gasteiger partial charge on any atom is -0.289 e. The van der Waals surface area contributed by atoms with E-state index in [1.54, 1.807) is 45.0 Å². The van der Waals surface area contributed by atoms with Crippen molar-refractivity contribution in [3.8, 4) is 0 Å². The summed E-state index contributed by atoms with van der Waals surface area (Å²) in [6, 6.07) is 6.51. The molecule has 3 nitrogen and oxygen atoms in total. The third-order valence-electron chi connectivity index (χ3n) is 3.43. The molecule has 1 aliphatic rings. The predicted octanol–water partition coefficient (Wildman–Crippen LogP) is 6.35. The van der Waals surface area contributed by atoms with Crippen LogP contribution in [0.1, 0.15) is 20.8 Å². The molecule has 0 bridgehead atoms. The zero-order chi connectivity index (χ0) is 18.8. The van der Waals surface area contributed by atoms with Gasteiger partial charge in [-0.3, -0.25) is 4.79 Å². The second kappa shape index (κ2) is 6.96. The first-order valence-electron chi connectivity index (χ1n) is 7.41. The Labute approximate surface area is 148 Å². The number of alkyl halides is 3. The number of carbonyl (C=O) groups is 1. The van der Waals surface area contributed by atoms with Gasteiger partial charge >= 0.3 is 6.18 Å². The van der Waals surface area contributed by atoms with Gasteiger partial charge in [0.1, 0.15) is 5.57 Å². The molecule has 1 aromatic carbocycles. The lowest BCUT2D eigenvalue weighted by Crippen LogP contribution is -2.29. The molecule has 0 aliphatic heterocycles. The summed E-state index contributed by atoms with van der Waals surface area (Å²) in [5.41, 5.74) is -1.18. The van der Waals surface area contributed by atoms with Crippen LogP contribution in [0.2, 0.25) is 5.02 Å². The van der Waals surface area contributed by atoms with Crippen LogP contribution in [-0.2, 0) is 4.79 Å². The molecule has 0 aromatic heterocycles. The highest BCUT2D eigenvalue weighted by Gasteiger charge is 2.43. The van der Waals surface area contributed by atoms with Crippen LogP contribution in [0.5, 0.6) is 0 Å². The molecular formula is C18H16ClF3N2O. The second-order valence-corrected chi connectivity index (χ2v) is 6.95. The van der Waals surface area contributed by atoms with E-state index in [0.29, 0.717) is 10.7 Å². The maximum atomic E-state index is 13.1. The summed E-state index contributed by atoms with van der Waals surface area (Å²) < 4.78 is 39.4. The van der Waals surface area contributed by atoms with Gasteiger partial charge in [0.25, 0.3) is 0 Å². The summed E-state index contributed by atoms with van der Waals surface area (Å²) in [6.07, 6.45) is -1.33. The van der Waals surface area contributed by atoms with E-state index in [1.807, 2.05) is 0 Å². The van der Waals surface area contributed by atoms with Crippen molar-refractivity contribution in [3.63, 3.8) is 0 Å². The van der Waals surface area contributed by atoms with Gasteiger partial charge < -0.3 is 0 Å². The number of azo groups is 1. The van der Waals surface area contributed by atoms with Crippen molar-refractivity contribution < 1.29 is 18.0 Å². The van der Waals surface area contributed by atoms with Crippen LogP contribution in [-0.4, -0.2) is 12.0 Å². The molecule has 0 unspecified atom stereocenters. The topological polar surface area (TPSA) is 41.8 Å². The molecule has 1 aromatic rings. The van der Waals surface area contributed by atoms with Crippen LogP contribution < -0.4 is 0 Å². The Morgan fingerprint density at radius 1 is 1.00 bits per heavy atom. The standard InChI is InChI=1S/C18H16ClF3N2O/c1-17(2,3)14-8-11(9-15(16(14)25)18(20,21)22)10-23-24-13-6-4-12(19)5-7-13/h4-10H,1-3H3/b11-10-,24-23?. The molecule has 25 heavy (non-hydrogen) atoms. The molecule has 0 radical (unpaired) electrons. The number of hydrogen-bond acceptors (Lipinski definition) is 3. The normalized spacial score (nSPS) is 17.9. The van der Waals surface area contributed by atoms with Gasteiger partial charge in [-0.1, -0.05) is 32.4 Å². The van der Waals surface area contributed by atoms with Crippen molar-refractivity contribution in [1.29, 1.82) is 0 Å². The van der Waals surface area contributed by atoms with Crippen molar-refractivity contribution in [3.05, 3.63) is 64.4 Å². The summed E-state index contributed by atoms with van der Waals surface area (Å²) in [5, 5.41) is 8.25. The first kappa shape index (κ1) is 19.1. The molecule has 0 saturated carbocycles. The number of benzene rings is 1. The smallest absolute Gasteiger partial charge is 0.289 e. The zero-order valence-corrected chi connectivity index (χ0v) is 14.6. The molecule has 0 saturated heterocycles. The fourth-order valence-corrected chi connectivity index (χ4v) is 2.29. The third kappa shape index (κ3) is 4.89. The number of allylic oxidation sites excluding steroid dienone is 5. The van der Waals surface area contributed by atoms with Gasteiger partial charge in [0, 0.05) is 10.6 Å². The van der Waals surface area contributed by atoms with Crippen molar-refractivity contribution in [2.24, 2.45) is 15.6 Å². The second-order valence-electron chi connectivity index (χ2n) is 6.51.